The van der Waals surface area contributed by atoms with Crippen LogP contribution in [0.1, 0.15) is 18.9 Å². The molecule has 29 heavy (non-hydrogen) atoms. The Morgan fingerprint density at radius 3 is 2.48 bits per heavy atom. The van der Waals surface area contributed by atoms with Gasteiger partial charge in [0.1, 0.15) is 0 Å². The maximum absolute atomic E-state index is 12.5. The molecule has 1 fully saturated rings. The van der Waals surface area contributed by atoms with Gasteiger partial charge in [-0.05, 0) is 58.3 Å². The number of benzene rings is 2. The van der Waals surface area contributed by atoms with Crippen LogP contribution in [0.15, 0.2) is 62.8 Å². The third-order valence-electron chi connectivity index (χ3n) is 4.68. The zero-order valence-electron chi connectivity index (χ0n) is 16.1. The first-order valence-corrected chi connectivity index (χ1v) is 11.4. The summed E-state index contributed by atoms with van der Waals surface area (Å²) in [5.41, 5.74) is 0.875. The van der Waals surface area contributed by atoms with Gasteiger partial charge in [-0.1, -0.05) is 41.6 Å². The van der Waals surface area contributed by atoms with Crippen molar-refractivity contribution in [1.82, 2.24) is 9.80 Å². The molecule has 1 saturated heterocycles. The van der Waals surface area contributed by atoms with Crippen LogP contribution < -0.4 is 0 Å². The lowest BCUT2D eigenvalue weighted by molar-refractivity contribution is -0.130. The Kier molecular flexibility index (Phi) is 7.81. The molecule has 152 valence electrons. The normalized spacial score (nSPS) is 14.9. The van der Waals surface area contributed by atoms with E-state index in [0.29, 0.717) is 31.2 Å². The van der Waals surface area contributed by atoms with Crippen molar-refractivity contribution >= 4 is 57.2 Å². The van der Waals surface area contributed by atoms with Gasteiger partial charge in [0.2, 0.25) is 11.8 Å². The summed E-state index contributed by atoms with van der Waals surface area (Å²) in [7, 11) is 0. The van der Waals surface area contributed by atoms with E-state index in [-0.39, 0.29) is 11.8 Å². The number of carbonyl (C=O) groups is 2. The Morgan fingerprint density at radius 1 is 1.03 bits per heavy atom. The fourth-order valence-electron chi connectivity index (χ4n) is 3.08. The van der Waals surface area contributed by atoms with Gasteiger partial charge in [0.15, 0.2) is 0 Å². The summed E-state index contributed by atoms with van der Waals surface area (Å²) in [6, 6.07) is 13.8. The molecule has 1 aliphatic heterocycles. The fraction of sp³-hybridized carbons (Fsp3) is 0.273. The van der Waals surface area contributed by atoms with Crippen molar-refractivity contribution in [2.45, 2.75) is 23.1 Å². The smallest absolute Gasteiger partial charge is 0.246 e. The first-order chi connectivity index (χ1) is 13.9. The van der Waals surface area contributed by atoms with Crippen molar-refractivity contribution in [3.63, 3.8) is 0 Å². The first-order valence-electron chi connectivity index (χ1n) is 9.38. The summed E-state index contributed by atoms with van der Waals surface area (Å²) in [4.78, 5) is 29.7. The molecule has 0 radical (unpaired) electrons. The maximum Gasteiger partial charge on any atom is 0.246 e. The highest BCUT2D eigenvalue weighted by molar-refractivity contribution is 9.10. The van der Waals surface area contributed by atoms with Crippen molar-refractivity contribution in [3.05, 3.63) is 63.6 Å². The molecule has 1 aliphatic rings. The molecule has 7 heteroatoms. The summed E-state index contributed by atoms with van der Waals surface area (Å²) in [5.74, 6) is 0.0168. The summed E-state index contributed by atoms with van der Waals surface area (Å²) >= 11 is 11.6. The van der Waals surface area contributed by atoms with Crippen molar-refractivity contribution in [2.75, 3.05) is 26.2 Å². The van der Waals surface area contributed by atoms with Crippen LogP contribution in [0.4, 0.5) is 0 Å². The van der Waals surface area contributed by atoms with Gasteiger partial charge in [-0.25, -0.2) is 0 Å². The average Bonchev–Trinajstić information content (AvgIpc) is 2.96. The van der Waals surface area contributed by atoms with Crippen LogP contribution in [0.5, 0.6) is 0 Å². The van der Waals surface area contributed by atoms with E-state index in [9.17, 15) is 9.59 Å². The van der Waals surface area contributed by atoms with Gasteiger partial charge in [-0.2, -0.15) is 0 Å². The van der Waals surface area contributed by atoms with E-state index >= 15 is 0 Å². The van der Waals surface area contributed by atoms with Gasteiger partial charge in [-0.15, -0.1) is 0 Å². The minimum atomic E-state index is -0.0433. The summed E-state index contributed by atoms with van der Waals surface area (Å²) in [6.07, 6.45) is 4.16. The number of amides is 2. The van der Waals surface area contributed by atoms with Crippen LogP contribution in [0.3, 0.4) is 0 Å². The van der Waals surface area contributed by atoms with E-state index in [1.165, 1.54) is 0 Å². The molecule has 0 atom stereocenters. The highest BCUT2D eigenvalue weighted by Gasteiger charge is 2.18. The molecule has 0 spiro atoms. The van der Waals surface area contributed by atoms with E-state index in [1.807, 2.05) is 42.5 Å². The number of rotatable bonds is 4. The Balaban J connectivity index is 1.63. The Morgan fingerprint density at radius 2 is 1.76 bits per heavy atom. The van der Waals surface area contributed by atoms with Crippen molar-refractivity contribution in [2.24, 2.45) is 0 Å². The maximum atomic E-state index is 12.5. The zero-order valence-corrected chi connectivity index (χ0v) is 19.3. The number of hydrogen-bond donors (Lipinski definition) is 0. The SMILES string of the molecule is CC(=O)N1CCCN(C(=O)C=Cc2ccc(Sc3ccccc3Br)c(Cl)c2)CC1. The Labute approximate surface area is 189 Å². The lowest BCUT2D eigenvalue weighted by Crippen LogP contribution is -2.35. The van der Waals surface area contributed by atoms with Crippen LogP contribution in [-0.2, 0) is 9.59 Å². The van der Waals surface area contributed by atoms with E-state index in [4.69, 9.17) is 11.6 Å². The highest BCUT2D eigenvalue weighted by atomic mass is 79.9. The molecule has 0 saturated carbocycles. The number of halogens is 2. The molecule has 3 rings (SSSR count). The average molecular weight is 494 g/mol. The largest absolute Gasteiger partial charge is 0.341 e. The standard InChI is InChI=1S/C22H22BrClN2O2S/c1-16(27)25-11-4-12-26(14-13-25)22(28)10-8-17-7-9-21(19(24)15-17)29-20-6-3-2-5-18(20)23/h2-3,5-10,15H,4,11-14H2,1H3. The molecule has 2 amide bonds. The lowest BCUT2D eigenvalue weighted by Gasteiger charge is -2.20. The number of hydrogen-bond acceptors (Lipinski definition) is 3. The van der Waals surface area contributed by atoms with Crippen molar-refractivity contribution < 1.29 is 9.59 Å². The van der Waals surface area contributed by atoms with Gasteiger partial charge >= 0.3 is 0 Å². The summed E-state index contributed by atoms with van der Waals surface area (Å²) in [5, 5.41) is 0.646. The van der Waals surface area contributed by atoms with Crippen LogP contribution in [0.2, 0.25) is 5.02 Å². The van der Waals surface area contributed by atoms with Crippen molar-refractivity contribution in [1.29, 1.82) is 0 Å². The molecule has 4 nitrogen and oxygen atoms in total. The highest BCUT2D eigenvalue weighted by Crippen LogP contribution is 2.37. The van der Waals surface area contributed by atoms with Gasteiger partial charge in [0.05, 0.1) is 5.02 Å². The van der Waals surface area contributed by atoms with Crippen LogP contribution >= 0.6 is 39.3 Å². The minimum Gasteiger partial charge on any atom is -0.341 e. The molecule has 0 aromatic heterocycles. The monoisotopic (exact) mass is 492 g/mol. The zero-order chi connectivity index (χ0) is 20.8. The second-order valence-corrected chi connectivity index (χ2v) is 9.09. The lowest BCUT2D eigenvalue weighted by atomic mass is 10.2. The second-order valence-electron chi connectivity index (χ2n) is 6.74. The molecule has 0 N–H and O–H groups in total. The fourth-order valence-corrected chi connectivity index (χ4v) is 4.75. The minimum absolute atomic E-state index is 0.0433. The summed E-state index contributed by atoms with van der Waals surface area (Å²) in [6.45, 7) is 4.08. The number of carbonyl (C=O) groups excluding carboxylic acids is 2. The molecule has 2 aromatic carbocycles. The van der Waals surface area contributed by atoms with Crippen LogP contribution in [0.25, 0.3) is 6.08 Å². The van der Waals surface area contributed by atoms with Gasteiger partial charge in [0.25, 0.3) is 0 Å². The molecular weight excluding hydrogens is 472 g/mol. The van der Waals surface area contributed by atoms with Gasteiger partial charge in [0, 0.05) is 53.4 Å². The first kappa shape index (κ1) is 21.9. The van der Waals surface area contributed by atoms with E-state index in [1.54, 1.807) is 40.6 Å². The van der Waals surface area contributed by atoms with Crippen molar-refractivity contribution in [3.8, 4) is 0 Å². The molecule has 0 aliphatic carbocycles. The number of nitrogens with zero attached hydrogens (tertiary/aromatic N) is 2. The van der Waals surface area contributed by atoms with Gasteiger partial charge < -0.3 is 9.80 Å². The van der Waals surface area contributed by atoms with E-state index in [0.717, 1.165) is 26.2 Å². The molecular formula is C22H22BrClN2O2S. The molecule has 1 heterocycles. The van der Waals surface area contributed by atoms with E-state index < -0.39 is 0 Å². The van der Waals surface area contributed by atoms with Gasteiger partial charge in [-0.3, -0.25) is 9.59 Å². The third kappa shape index (κ3) is 6.11. The predicted molar refractivity (Wildman–Crippen MR) is 122 cm³/mol. The van der Waals surface area contributed by atoms with E-state index in [2.05, 4.69) is 15.9 Å². The third-order valence-corrected chi connectivity index (χ3v) is 7.21. The predicted octanol–water partition coefficient (Wildman–Crippen LogP) is 5.35. The van der Waals surface area contributed by atoms with Crippen LogP contribution in [-0.4, -0.2) is 47.8 Å². The molecule has 0 unspecified atom stereocenters. The molecule has 0 bridgehead atoms. The Hall–Kier alpha value is -1.76. The topological polar surface area (TPSA) is 40.6 Å². The quantitative estimate of drug-likeness (QED) is 0.539. The Bertz CT molecular complexity index is 935. The molecule has 2 aromatic rings. The summed E-state index contributed by atoms with van der Waals surface area (Å²) < 4.78 is 1.02. The second kappa shape index (κ2) is 10.3. The van der Waals surface area contributed by atoms with Crippen LogP contribution in [0, 0.1) is 0 Å².